The number of primary sulfonamides is 1. The first-order chi connectivity index (χ1) is 9.43. The van der Waals surface area contributed by atoms with E-state index in [1.54, 1.807) is 0 Å². The molecule has 0 bridgehead atoms. The highest BCUT2D eigenvalue weighted by molar-refractivity contribution is 7.89. The molecule has 0 aliphatic heterocycles. The predicted molar refractivity (Wildman–Crippen MR) is 72.7 cm³/mol. The van der Waals surface area contributed by atoms with Gasteiger partial charge < -0.3 is 9.30 Å². The van der Waals surface area contributed by atoms with Crippen LogP contribution in [0.5, 0.6) is 0 Å². The molecule has 7 heteroatoms. The summed E-state index contributed by atoms with van der Waals surface area (Å²) in [5.74, 6) is -0.741. The fraction of sp³-hybridized carbons (Fsp3) is 0.154. The molecule has 0 amide bonds. The van der Waals surface area contributed by atoms with Crippen LogP contribution in [0, 0.1) is 0 Å². The van der Waals surface area contributed by atoms with Gasteiger partial charge in [0.1, 0.15) is 10.6 Å². The van der Waals surface area contributed by atoms with E-state index in [2.05, 4.69) is 4.74 Å². The Balaban J connectivity index is 2.49. The third-order valence-corrected chi connectivity index (χ3v) is 3.75. The number of hydrogen-bond donors (Lipinski definition) is 1. The maximum atomic E-state index is 11.8. The van der Waals surface area contributed by atoms with Crippen LogP contribution in [0.1, 0.15) is 16.1 Å². The minimum absolute atomic E-state index is 0.0705. The Kier molecular flexibility index (Phi) is 3.91. The van der Waals surface area contributed by atoms with Gasteiger partial charge in [0.25, 0.3) is 0 Å². The maximum Gasteiger partial charge on any atom is 0.356 e. The summed E-state index contributed by atoms with van der Waals surface area (Å²) in [6.07, 6.45) is 1.50. The van der Waals surface area contributed by atoms with E-state index >= 15 is 0 Å². The van der Waals surface area contributed by atoms with E-state index in [4.69, 9.17) is 5.14 Å². The predicted octanol–water partition coefficient (Wildman–Crippen LogP) is 0.970. The van der Waals surface area contributed by atoms with Crippen molar-refractivity contribution in [2.24, 2.45) is 5.14 Å². The number of hydrogen-bond acceptors (Lipinski definition) is 4. The summed E-state index contributed by atoms with van der Waals surface area (Å²) < 4.78 is 29.1. The van der Waals surface area contributed by atoms with Crippen LogP contribution in [-0.2, 0) is 21.3 Å². The summed E-state index contributed by atoms with van der Waals surface area (Å²) in [5, 5.41) is 5.11. The lowest BCUT2D eigenvalue weighted by Crippen LogP contribution is -2.19. The van der Waals surface area contributed by atoms with Crippen LogP contribution in [0.3, 0.4) is 0 Å². The molecule has 6 nitrogen and oxygen atoms in total. The van der Waals surface area contributed by atoms with Gasteiger partial charge in [-0.2, -0.15) is 0 Å². The van der Waals surface area contributed by atoms with Crippen LogP contribution in [0.2, 0.25) is 0 Å². The second-order valence-electron chi connectivity index (χ2n) is 4.18. The molecule has 0 fully saturated rings. The van der Waals surface area contributed by atoms with E-state index in [9.17, 15) is 13.2 Å². The quantitative estimate of drug-likeness (QED) is 0.851. The van der Waals surface area contributed by atoms with Gasteiger partial charge in [0, 0.05) is 12.7 Å². The standard InChI is InChI=1S/C13H14N2O4S/c1-19-13(16)12-11(20(14,17)18)7-8-15(12)9-10-5-3-2-4-6-10/h2-8H,9H2,1H3,(H2,14,17,18). The molecule has 1 heterocycles. The highest BCUT2D eigenvalue weighted by Gasteiger charge is 2.24. The maximum absolute atomic E-state index is 11.8. The second kappa shape index (κ2) is 5.48. The van der Waals surface area contributed by atoms with Gasteiger partial charge in [-0.05, 0) is 11.6 Å². The number of sulfonamides is 1. The SMILES string of the molecule is COC(=O)c1c(S(N)(=O)=O)ccn1Cc1ccccc1. The van der Waals surface area contributed by atoms with Crippen molar-refractivity contribution in [1.82, 2.24) is 4.57 Å². The first-order valence-corrected chi connectivity index (χ1v) is 7.32. The van der Waals surface area contributed by atoms with E-state index < -0.39 is 16.0 Å². The lowest BCUT2D eigenvalue weighted by Gasteiger charge is -2.09. The average molecular weight is 294 g/mol. The first-order valence-electron chi connectivity index (χ1n) is 5.77. The molecule has 0 atom stereocenters. The number of carbonyl (C=O) groups is 1. The molecule has 0 unspecified atom stereocenters. The smallest absolute Gasteiger partial charge is 0.356 e. The molecule has 0 aliphatic rings. The summed E-state index contributed by atoms with van der Waals surface area (Å²) in [7, 11) is -2.79. The molecule has 1 aromatic carbocycles. The van der Waals surface area contributed by atoms with Crippen molar-refractivity contribution in [2.75, 3.05) is 7.11 Å². The van der Waals surface area contributed by atoms with E-state index in [0.717, 1.165) is 5.56 Å². The van der Waals surface area contributed by atoms with Crippen LogP contribution in [0.25, 0.3) is 0 Å². The molecule has 0 saturated carbocycles. The summed E-state index contributed by atoms with van der Waals surface area (Å²) in [6.45, 7) is 0.348. The normalized spacial score (nSPS) is 11.3. The second-order valence-corrected chi connectivity index (χ2v) is 5.71. The van der Waals surface area contributed by atoms with E-state index in [-0.39, 0.29) is 10.6 Å². The summed E-state index contributed by atoms with van der Waals surface area (Å²) in [6, 6.07) is 10.6. The average Bonchev–Trinajstić information content (AvgIpc) is 2.82. The molecule has 2 aromatic rings. The third kappa shape index (κ3) is 2.89. The minimum Gasteiger partial charge on any atom is -0.464 e. The van der Waals surface area contributed by atoms with Crippen LogP contribution in [0.15, 0.2) is 47.5 Å². The summed E-state index contributed by atoms with van der Waals surface area (Å²) in [5.41, 5.74) is 0.855. The van der Waals surface area contributed by atoms with Gasteiger partial charge in [0.05, 0.1) is 7.11 Å². The fourth-order valence-electron chi connectivity index (χ4n) is 1.91. The first kappa shape index (κ1) is 14.3. The zero-order valence-electron chi connectivity index (χ0n) is 10.8. The van der Waals surface area contributed by atoms with Crippen LogP contribution >= 0.6 is 0 Å². The van der Waals surface area contributed by atoms with E-state index in [1.807, 2.05) is 30.3 Å². The van der Waals surface area contributed by atoms with Gasteiger partial charge >= 0.3 is 5.97 Å². The number of carbonyl (C=O) groups excluding carboxylic acids is 1. The van der Waals surface area contributed by atoms with Crippen LogP contribution in [0.4, 0.5) is 0 Å². The molecule has 2 N–H and O–H groups in total. The van der Waals surface area contributed by atoms with Crippen molar-refractivity contribution in [3.8, 4) is 0 Å². The number of benzene rings is 1. The molecule has 0 saturated heterocycles. The molecule has 2 rings (SSSR count). The summed E-state index contributed by atoms with van der Waals surface area (Å²) in [4.78, 5) is 11.6. The van der Waals surface area contributed by atoms with Gasteiger partial charge in [0.2, 0.25) is 10.0 Å². The number of ether oxygens (including phenoxy) is 1. The Morgan fingerprint density at radius 3 is 2.45 bits per heavy atom. The third-order valence-electron chi connectivity index (χ3n) is 2.81. The van der Waals surface area contributed by atoms with Crippen LogP contribution < -0.4 is 5.14 Å². The van der Waals surface area contributed by atoms with E-state index in [1.165, 1.54) is 23.9 Å². The molecule has 20 heavy (non-hydrogen) atoms. The van der Waals surface area contributed by atoms with Gasteiger partial charge in [-0.1, -0.05) is 30.3 Å². The molecule has 106 valence electrons. The van der Waals surface area contributed by atoms with Crippen molar-refractivity contribution in [2.45, 2.75) is 11.4 Å². The van der Waals surface area contributed by atoms with Gasteiger partial charge in [-0.3, -0.25) is 0 Å². The number of rotatable bonds is 4. The lowest BCUT2D eigenvalue weighted by atomic mass is 10.2. The van der Waals surface area contributed by atoms with Crippen molar-refractivity contribution < 1.29 is 17.9 Å². The Bertz CT molecular complexity index is 720. The number of methoxy groups -OCH3 is 1. The highest BCUT2D eigenvalue weighted by Crippen LogP contribution is 2.18. The number of nitrogens with two attached hydrogens (primary N) is 1. The highest BCUT2D eigenvalue weighted by atomic mass is 32.2. The van der Waals surface area contributed by atoms with Crippen LogP contribution in [-0.4, -0.2) is 26.1 Å². The Hall–Kier alpha value is -2.12. The molecular weight excluding hydrogens is 280 g/mol. The molecule has 0 aliphatic carbocycles. The molecule has 1 aromatic heterocycles. The number of esters is 1. The van der Waals surface area contributed by atoms with Gasteiger partial charge in [0.15, 0.2) is 0 Å². The molecular formula is C13H14N2O4S. The summed E-state index contributed by atoms with van der Waals surface area (Å²) >= 11 is 0. The lowest BCUT2D eigenvalue weighted by molar-refractivity contribution is 0.0584. The molecule has 0 radical (unpaired) electrons. The number of nitrogens with zero attached hydrogens (tertiary/aromatic N) is 1. The van der Waals surface area contributed by atoms with Crippen molar-refractivity contribution in [3.05, 3.63) is 53.9 Å². The Labute approximate surface area is 116 Å². The van der Waals surface area contributed by atoms with Crippen molar-refractivity contribution in [3.63, 3.8) is 0 Å². The number of aromatic nitrogens is 1. The van der Waals surface area contributed by atoms with E-state index in [0.29, 0.717) is 6.54 Å². The largest absolute Gasteiger partial charge is 0.464 e. The Morgan fingerprint density at radius 1 is 1.25 bits per heavy atom. The Morgan fingerprint density at radius 2 is 1.90 bits per heavy atom. The topological polar surface area (TPSA) is 91.4 Å². The zero-order chi connectivity index (χ0) is 14.8. The van der Waals surface area contributed by atoms with Gasteiger partial charge in [-0.15, -0.1) is 0 Å². The monoisotopic (exact) mass is 294 g/mol. The molecule has 0 spiro atoms. The minimum atomic E-state index is -3.98. The van der Waals surface area contributed by atoms with Gasteiger partial charge in [-0.25, -0.2) is 18.4 Å². The van der Waals surface area contributed by atoms with Crippen molar-refractivity contribution in [1.29, 1.82) is 0 Å². The fourth-order valence-corrected chi connectivity index (χ4v) is 2.63. The van der Waals surface area contributed by atoms with Crippen molar-refractivity contribution >= 4 is 16.0 Å². The zero-order valence-corrected chi connectivity index (χ0v) is 11.6.